The minimum absolute atomic E-state index is 0.653. The molecule has 4 nitrogen and oxygen atoms in total. The molecule has 0 unspecified atom stereocenters. The molecule has 0 aliphatic carbocycles. The molecule has 0 N–H and O–H groups in total. The summed E-state index contributed by atoms with van der Waals surface area (Å²) >= 11 is 0. The first-order chi connectivity index (χ1) is 7.78. The summed E-state index contributed by atoms with van der Waals surface area (Å²) in [6.07, 6.45) is 0. The van der Waals surface area contributed by atoms with Gasteiger partial charge in [0, 0.05) is 19.6 Å². The van der Waals surface area contributed by atoms with Gasteiger partial charge in [-0.05, 0) is 13.1 Å². The molecule has 98 valence electrons. The molecular formula is C12H28N2O2. The van der Waals surface area contributed by atoms with Crippen LogP contribution < -0.4 is 0 Å². The second-order valence-corrected chi connectivity index (χ2v) is 3.59. The minimum Gasteiger partial charge on any atom is -0.378 e. The van der Waals surface area contributed by atoms with Crippen molar-refractivity contribution in [1.29, 1.82) is 0 Å². The van der Waals surface area contributed by atoms with E-state index in [4.69, 9.17) is 9.57 Å². The zero-order chi connectivity index (χ0) is 12.2. The van der Waals surface area contributed by atoms with Gasteiger partial charge in [-0.2, -0.15) is 5.06 Å². The average molecular weight is 232 g/mol. The summed E-state index contributed by atoms with van der Waals surface area (Å²) in [5.41, 5.74) is 0. The van der Waals surface area contributed by atoms with Gasteiger partial charge in [0.25, 0.3) is 0 Å². The maximum atomic E-state index is 5.51. The third kappa shape index (κ3) is 8.05. The Morgan fingerprint density at radius 2 is 1.38 bits per heavy atom. The van der Waals surface area contributed by atoms with E-state index >= 15 is 0 Å². The van der Waals surface area contributed by atoms with Crippen molar-refractivity contribution >= 4 is 0 Å². The Morgan fingerprint density at radius 1 is 0.750 bits per heavy atom. The molecule has 0 radical (unpaired) electrons. The van der Waals surface area contributed by atoms with Crippen LogP contribution in [0.4, 0.5) is 0 Å². The molecule has 0 saturated carbocycles. The van der Waals surface area contributed by atoms with Gasteiger partial charge in [0.1, 0.15) is 0 Å². The van der Waals surface area contributed by atoms with Gasteiger partial charge >= 0.3 is 0 Å². The highest BCUT2D eigenvalue weighted by Gasteiger charge is 2.00. The number of likely N-dealkylation sites (N-methyl/N-ethyl adjacent to an activating group) is 1. The first-order valence-electron chi connectivity index (χ1n) is 6.46. The van der Waals surface area contributed by atoms with Gasteiger partial charge in [-0.15, -0.1) is 0 Å². The number of rotatable bonds is 11. The third-order valence-electron chi connectivity index (χ3n) is 2.65. The van der Waals surface area contributed by atoms with Crippen LogP contribution in [-0.2, 0) is 9.57 Å². The molecule has 0 rings (SSSR count). The second-order valence-electron chi connectivity index (χ2n) is 3.59. The highest BCUT2D eigenvalue weighted by molar-refractivity contribution is 4.50. The largest absolute Gasteiger partial charge is 0.378 e. The molecular weight excluding hydrogens is 204 g/mol. The number of hydrogen-bond acceptors (Lipinski definition) is 4. The third-order valence-corrected chi connectivity index (χ3v) is 2.65. The van der Waals surface area contributed by atoms with Crippen molar-refractivity contribution in [2.75, 3.05) is 52.5 Å². The van der Waals surface area contributed by atoms with E-state index in [0.29, 0.717) is 13.2 Å². The van der Waals surface area contributed by atoms with Crippen LogP contribution in [0.1, 0.15) is 27.7 Å². The lowest BCUT2D eigenvalue weighted by Crippen LogP contribution is -2.28. The lowest BCUT2D eigenvalue weighted by molar-refractivity contribution is -0.164. The van der Waals surface area contributed by atoms with Gasteiger partial charge in [-0.3, -0.25) is 4.84 Å². The van der Waals surface area contributed by atoms with Crippen molar-refractivity contribution in [2.24, 2.45) is 0 Å². The predicted molar refractivity (Wildman–Crippen MR) is 67.5 cm³/mol. The van der Waals surface area contributed by atoms with Crippen LogP contribution in [-0.4, -0.2) is 62.5 Å². The van der Waals surface area contributed by atoms with Gasteiger partial charge in [-0.25, -0.2) is 0 Å². The predicted octanol–water partition coefficient (Wildman–Crippen LogP) is 1.62. The monoisotopic (exact) mass is 232 g/mol. The molecule has 0 amide bonds. The summed E-state index contributed by atoms with van der Waals surface area (Å²) in [5, 5.41) is 1.94. The number of hydrogen-bond donors (Lipinski definition) is 0. The van der Waals surface area contributed by atoms with Crippen molar-refractivity contribution in [3.05, 3.63) is 0 Å². The summed E-state index contributed by atoms with van der Waals surface area (Å²) in [6, 6.07) is 0. The van der Waals surface area contributed by atoms with E-state index in [1.165, 1.54) is 0 Å². The van der Waals surface area contributed by atoms with E-state index in [1.54, 1.807) is 0 Å². The fourth-order valence-corrected chi connectivity index (χ4v) is 1.47. The summed E-state index contributed by atoms with van der Waals surface area (Å²) in [6.45, 7) is 15.7. The van der Waals surface area contributed by atoms with E-state index in [-0.39, 0.29) is 0 Å². The van der Waals surface area contributed by atoms with Gasteiger partial charge < -0.3 is 9.64 Å². The van der Waals surface area contributed by atoms with E-state index in [1.807, 2.05) is 5.06 Å². The Morgan fingerprint density at radius 3 is 1.88 bits per heavy atom. The van der Waals surface area contributed by atoms with Crippen LogP contribution in [0, 0.1) is 0 Å². The number of hydroxylamine groups is 2. The summed E-state index contributed by atoms with van der Waals surface area (Å²) in [4.78, 5) is 7.85. The van der Waals surface area contributed by atoms with Crippen LogP contribution >= 0.6 is 0 Å². The fraction of sp³-hybridized carbons (Fsp3) is 1.00. The zero-order valence-corrected chi connectivity index (χ0v) is 11.4. The fourth-order valence-electron chi connectivity index (χ4n) is 1.47. The van der Waals surface area contributed by atoms with Crippen LogP contribution in [0.25, 0.3) is 0 Å². The first kappa shape index (κ1) is 15.8. The van der Waals surface area contributed by atoms with Gasteiger partial charge in [0.05, 0.1) is 19.8 Å². The first-order valence-corrected chi connectivity index (χ1v) is 6.46. The Hall–Kier alpha value is -0.160. The van der Waals surface area contributed by atoms with Crippen molar-refractivity contribution in [3.63, 3.8) is 0 Å². The quantitative estimate of drug-likeness (QED) is 0.399. The molecule has 0 aromatic rings. The maximum absolute atomic E-state index is 5.51. The Labute approximate surface area is 100 Å². The molecule has 0 saturated heterocycles. The van der Waals surface area contributed by atoms with E-state index in [9.17, 15) is 0 Å². The van der Waals surface area contributed by atoms with Crippen molar-refractivity contribution in [3.8, 4) is 0 Å². The minimum atomic E-state index is 0.653. The maximum Gasteiger partial charge on any atom is 0.0918 e. The molecule has 16 heavy (non-hydrogen) atoms. The topological polar surface area (TPSA) is 24.9 Å². The molecule has 0 atom stereocenters. The Bertz CT molecular complexity index is 121. The Balaban J connectivity index is 3.26. The van der Waals surface area contributed by atoms with Gasteiger partial charge in [0.2, 0.25) is 0 Å². The van der Waals surface area contributed by atoms with Crippen LogP contribution in [0.2, 0.25) is 0 Å². The highest BCUT2D eigenvalue weighted by atomic mass is 16.7. The van der Waals surface area contributed by atoms with Crippen molar-refractivity contribution < 1.29 is 9.57 Å². The Kier molecular flexibility index (Phi) is 11.2. The molecule has 0 heterocycles. The highest BCUT2D eigenvalue weighted by Crippen LogP contribution is 1.90. The van der Waals surface area contributed by atoms with E-state index in [0.717, 1.165) is 39.3 Å². The lowest BCUT2D eigenvalue weighted by Gasteiger charge is -2.19. The molecule has 0 fully saturated rings. The van der Waals surface area contributed by atoms with Crippen molar-refractivity contribution in [2.45, 2.75) is 27.7 Å². The van der Waals surface area contributed by atoms with Crippen LogP contribution in [0.15, 0.2) is 0 Å². The number of nitrogens with zero attached hydrogens (tertiary/aromatic N) is 2. The normalized spacial score (nSPS) is 11.6. The van der Waals surface area contributed by atoms with Gasteiger partial charge in [0.15, 0.2) is 0 Å². The summed E-state index contributed by atoms with van der Waals surface area (Å²) in [5.74, 6) is 0. The molecule has 4 heteroatoms. The molecule has 0 aliphatic rings. The lowest BCUT2D eigenvalue weighted by atomic mass is 10.5. The van der Waals surface area contributed by atoms with E-state index in [2.05, 4.69) is 32.6 Å². The average Bonchev–Trinajstić information content (AvgIpc) is 2.33. The molecule has 0 bridgehead atoms. The smallest absolute Gasteiger partial charge is 0.0918 e. The summed E-state index contributed by atoms with van der Waals surface area (Å²) < 4.78 is 5.51. The van der Waals surface area contributed by atoms with E-state index < -0.39 is 0 Å². The van der Waals surface area contributed by atoms with Gasteiger partial charge in [-0.1, -0.05) is 27.7 Å². The van der Waals surface area contributed by atoms with Crippen LogP contribution in [0.5, 0.6) is 0 Å². The zero-order valence-electron chi connectivity index (χ0n) is 11.4. The van der Waals surface area contributed by atoms with Crippen molar-refractivity contribution in [1.82, 2.24) is 9.96 Å². The second kappa shape index (κ2) is 11.3. The number of ether oxygens (including phenoxy) is 1. The molecule has 0 aromatic heterocycles. The molecule has 0 aromatic carbocycles. The molecule has 0 aliphatic heterocycles. The standard InChI is InChI=1S/C12H28N2O2/c1-5-13(6-2)9-10-15-11-12-16-14(7-3)8-4/h5-12H2,1-4H3. The molecule has 0 spiro atoms. The summed E-state index contributed by atoms with van der Waals surface area (Å²) in [7, 11) is 0. The SMILES string of the molecule is CCN(CC)CCOCCON(CC)CC. The van der Waals surface area contributed by atoms with Crippen LogP contribution in [0.3, 0.4) is 0 Å².